The largest absolute Gasteiger partial charge is 0.478 e. The van der Waals surface area contributed by atoms with Gasteiger partial charge < -0.3 is 9.52 Å². The number of hydrogen-bond acceptors (Lipinski definition) is 3. The Morgan fingerprint density at radius 3 is 2.81 bits per heavy atom. The van der Waals surface area contributed by atoms with Crippen LogP contribution in [0.1, 0.15) is 18.2 Å². The zero-order valence-corrected chi connectivity index (χ0v) is 9.86. The van der Waals surface area contributed by atoms with Crippen molar-refractivity contribution in [2.45, 2.75) is 20.4 Å². The molecular formula is C12H17NO3. The van der Waals surface area contributed by atoms with Crippen molar-refractivity contribution >= 4 is 5.97 Å². The number of aryl methyl sites for hydroxylation is 1. The van der Waals surface area contributed by atoms with Crippen LogP contribution in [0.25, 0.3) is 0 Å². The molecule has 0 radical (unpaired) electrons. The summed E-state index contributed by atoms with van der Waals surface area (Å²) >= 11 is 0. The van der Waals surface area contributed by atoms with Crippen molar-refractivity contribution in [3.63, 3.8) is 0 Å². The van der Waals surface area contributed by atoms with E-state index in [0.717, 1.165) is 17.9 Å². The van der Waals surface area contributed by atoms with Crippen LogP contribution in [0, 0.1) is 6.92 Å². The Balaban J connectivity index is 2.49. The summed E-state index contributed by atoms with van der Waals surface area (Å²) in [6.45, 7) is 4.88. The van der Waals surface area contributed by atoms with Gasteiger partial charge in [-0.25, -0.2) is 4.79 Å². The highest BCUT2D eigenvalue weighted by atomic mass is 16.4. The molecule has 0 bridgehead atoms. The number of aliphatic carboxylic acids is 1. The van der Waals surface area contributed by atoms with E-state index in [9.17, 15) is 4.79 Å². The third-order valence-electron chi connectivity index (χ3n) is 2.45. The molecule has 88 valence electrons. The molecule has 1 N–H and O–H groups in total. The molecular weight excluding hydrogens is 206 g/mol. The van der Waals surface area contributed by atoms with Crippen molar-refractivity contribution in [2.24, 2.45) is 0 Å². The molecule has 0 aromatic carbocycles. The topological polar surface area (TPSA) is 53.7 Å². The van der Waals surface area contributed by atoms with Gasteiger partial charge in [0.15, 0.2) is 0 Å². The molecule has 0 fully saturated rings. The fourth-order valence-corrected chi connectivity index (χ4v) is 1.31. The number of carboxylic acid groups (broad SMARTS) is 1. The van der Waals surface area contributed by atoms with Crippen molar-refractivity contribution in [2.75, 3.05) is 13.6 Å². The fourth-order valence-electron chi connectivity index (χ4n) is 1.31. The lowest BCUT2D eigenvalue weighted by Crippen LogP contribution is -2.18. The van der Waals surface area contributed by atoms with Gasteiger partial charge in [0.1, 0.15) is 5.76 Å². The summed E-state index contributed by atoms with van der Waals surface area (Å²) in [5, 5.41) is 8.69. The van der Waals surface area contributed by atoms with E-state index in [-0.39, 0.29) is 0 Å². The highest BCUT2D eigenvalue weighted by Gasteiger charge is 2.05. The van der Waals surface area contributed by atoms with E-state index in [2.05, 4.69) is 0 Å². The predicted octanol–water partition coefficient (Wildman–Crippen LogP) is 2.05. The molecule has 0 amide bonds. The second-order valence-electron chi connectivity index (χ2n) is 3.89. The molecule has 16 heavy (non-hydrogen) atoms. The van der Waals surface area contributed by atoms with E-state index in [4.69, 9.17) is 9.52 Å². The minimum Gasteiger partial charge on any atom is -0.478 e. The smallest absolute Gasteiger partial charge is 0.330 e. The molecule has 4 heteroatoms. The first kappa shape index (κ1) is 12.5. The van der Waals surface area contributed by atoms with E-state index in [1.807, 2.05) is 24.9 Å². The van der Waals surface area contributed by atoms with Crippen LogP contribution in [-0.2, 0) is 11.3 Å². The highest BCUT2D eigenvalue weighted by molar-refractivity contribution is 5.85. The van der Waals surface area contributed by atoms with Gasteiger partial charge in [0.2, 0.25) is 0 Å². The van der Waals surface area contributed by atoms with Gasteiger partial charge in [-0.05, 0) is 27.0 Å². The number of carboxylic acids is 1. The summed E-state index contributed by atoms with van der Waals surface area (Å²) < 4.78 is 5.19. The summed E-state index contributed by atoms with van der Waals surface area (Å²) in [5.41, 5.74) is 1.50. The number of carbonyl (C=O) groups is 1. The molecule has 0 unspecified atom stereocenters. The SMILES string of the molecule is CC(=CCN(C)Cc1ccoc1C)C(=O)O. The normalized spacial score (nSPS) is 12.1. The zero-order valence-electron chi connectivity index (χ0n) is 9.86. The first-order valence-electron chi connectivity index (χ1n) is 5.12. The fraction of sp³-hybridized carbons (Fsp3) is 0.417. The number of furan rings is 1. The Kier molecular flexibility index (Phi) is 4.31. The summed E-state index contributed by atoms with van der Waals surface area (Å²) in [5.74, 6) is 0.0404. The first-order chi connectivity index (χ1) is 7.50. The molecule has 0 saturated carbocycles. The molecule has 1 rings (SSSR count). The van der Waals surface area contributed by atoms with E-state index >= 15 is 0 Å². The van der Waals surface area contributed by atoms with Gasteiger partial charge in [-0.1, -0.05) is 6.08 Å². The third-order valence-corrected chi connectivity index (χ3v) is 2.45. The van der Waals surface area contributed by atoms with Crippen molar-refractivity contribution in [3.8, 4) is 0 Å². The Morgan fingerprint density at radius 2 is 2.31 bits per heavy atom. The number of rotatable bonds is 5. The van der Waals surface area contributed by atoms with Gasteiger partial charge >= 0.3 is 5.97 Å². The highest BCUT2D eigenvalue weighted by Crippen LogP contribution is 2.10. The molecule has 1 heterocycles. The minimum atomic E-state index is -0.868. The molecule has 1 aromatic rings. The van der Waals surface area contributed by atoms with E-state index in [0.29, 0.717) is 12.1 Å². The molecule has 1 aromatic heterocycles. The lowest BCUT2D eigenvalue weighted by molar-refractivity contribution is -0.132. The van der Waals surface area contributed by atoms with Crippen LogP contribution >= 0.6 is 0 Å². The summed E-state index contributed by atoms with van der Waals surface area (Å²) in [6, 6.07) is 1.93. The average Bonchev–Trinajstić information content (AvgIpc) is 2.60. The van der Waals surface area contributed by atoms with Crippen LogP contribution in [0.3, 0.4) is 0 Å². The number of hydrogen-bond donors (Lipinski definition) is 1. The van der Waals surface area contributed by atoms with Crippen LogP contribution in [0.2, 0.25) is 0 Å². The maximum Gasteiger partial charge on any atom is 0.330 e. The van der Waals surface area contributed by atoms with Gasteiger partial charge in [0, 0.05) is 24.2 Å². The zero-order chi connectivity index (χ0) is 12.1. The standard InChI is InChI=1S/C12H17NO3/c1-9(12(14)15)4-6-13(3)8-11-5-7-16-10(11)2/h4-5,7H,6,8H2,1-3H3,(H,14,15). The van der Waals surface area contributed by atoms with Crippen LogP contribution in [0.15, 0.2) is 28.4 Å². The Bertz CT molecular complexity index is 393. The lowest BCUT2D eigenvalue weighted by Gasteiger charge is -2.13. The Morgan fingerprint density at radius 1 is 1.62 bits per heavy atom. The lowest BCUT2D eigenvalue weighted by atomic mass is 10.2. The third kappa shape index (κ3) is 3.55. The Labute approximate surface area is 95.2 Å². The Hall–Kier alpha value is -1.55. The van der Waals surface area contributed by atoms with E-state index in [1.165, 1.54) is 0 Å². The second-order valence-corrected chi connectivity index (χ2v) is 3.89. The van der Waals surface area contributed by atoms with Gasteiger partial charge in [0.25, 0.3) is 0 Å². The second kappa shape index (κ2) is 5.51. The van der Waals surface area contributed by atoms with Crippen molar-refractivity contribution in [1.82, 2.24) is 4.90 Å². The van der Waals surface area contributed by atoms with Gasteiger partial charge in [-0.15, -0.1) is 0 Å². The molecule has 0 spiro atoms. The van der Waals surface area contributed by atoms with Crippen LogP contribution in [-0.4, -0.2) is 29.6 Å². The van der Waals surface area contributed by atoms with Gasteiger partial charge in [0.05, 0.1) is 6.26 Å². The summed E-state index contributed by atoms with van der Waals surface area (Å²) in [6.07, 6.45) is 3.37. The van der Waals surface area contributed by atoms with Crippen LogP contribution < -0.4 is 0 Å². The van der Waals surface area contributed by atoms with Crippen LogP contribution in [0.4, 0.5) is 0 Å². The van der Waals surface area contributed by atoms with Crippen molar-refractivity contribution < 1.29 is 14.3 Å². The monoisotopic (exact) mass is 223 g/mol. The van der Waals surface area contributed by atoms with E-state index in [1.54, 1.807) is 19.3 Å². The molecule has 0 atom stereocenters. The average molecular weight is 223 g/mol. The van der Waals surface area contributed by atoms with E-state index < -0.39 is 5.97 Å². The molecule has 0 aliphatic carbocycles. The minimum absolute atomic E-state index is 0.371. The van der Waals surface area contributed by atoms with Gasteiger partial charge in [-0.2, -0.15) is 0 Å². The number of likely N-dealkylation sites (N-methyl/N-ethyl adjacent to an activating group) is 1. The maximum absolute atomic E-state index is 10.6. The van der Waals surface area contributed by atoms with Crippen molar-refractivity contribution in [1.29, 1.82) is 0 Å². The van der Waals surface area contributed by atoms with Crippen molar-refractivity contribution in [3.05, 3.63) is 35.3 Å². The summed E-state index contributed by atoms with van der Waals surface area (Å²) in [4.78, 5) is 12.6. The molecule has 0 aliphatic rings. The summed E-state index contributed by atoms with van der Waals surface area (Å²) in [7, 11) is 1.94. The first-order valence-corrected chi connectivity index (χ1v) is 5.12. The molecule has 0 aliphatic heterocycles. The predicted molar refractivity (Wildman–Crippen MR) is 61.2 cm³/mol. The molecule has 4 nitrogen and oxygen atoms in total. The maximum atomic E-state index is 10.6. The number of nitrogens with zero attached hydrogens (tertiary/aromatic N) is 1. The van der Waals surface area contributed by atoms with Crippen LogP contribution in [0.5, 0.6) is 0 Å². The molecule has 0 saturated heterocycles. The van der Waals surface area contributed by atoms with Gasteiger partial charge in [-0.3, -0.25) is 4.90 Å². The quantitative estimate of drug-likeness (QED) is 0.776.